The maximum atomic E-state index is 13.8. The number of carbonyl (C=O) groups excluding carboxylic acids is 2. The fraction of sp³-hybridized carbons (Fsp3) is 0.333. The molecule has 2 aromatic carbocycles. The predicted octanol–water partition coefficient (Wildman–Crippen LogP) is 3.15. The molecule has 1 saturated heterocycles. The minimum atomic E-state index is -0.400. The molecule has 1 heterocycles. The van der Waals surface area contributed by atoms with Crippen molar-refractivity contribution in [3.05, 3.63) is 72.6 Å². The summed E-state index contributed by atoms with van der Waals surface area (Å²) in [5.74, 6) is -0.838. The highest BCUT2D eigenvalue weighted by atomic mass is 19.1. The molecule has 0 radical (unpaired) electrons. The van der Waals surface area contributed by atoms with E-state index in [2.05, 4.69) is 6.58 Å². The monoisotopic (exact) mass is 410 g/mol. The zero-order valence-corrected chi connectivity index (χ0v) is 17.2. The van der Waals surface area contributed by atoms with E-state index in [0.29, 0.717) is 32.6 Å². The Bertz CT molecular complexity index is 915. The van der Waals surface area contributed by atoms with E-state index in [1.165, 1.54) is 19.2 Å². The van der Waals surface area contributed by atoms with Gasteiger partial charge in [0.15, 0.2) is 0 Å². The van der Waals surface area contributed by atoms with E-state index in [0.717, 1.165) is 16.7 Å². The van der Waals surface area contributed by atoms with Gasteiger partial charge in [-0.3, -0.25) is 9.59 Å². The Morgan fingerprint density at radius 2 is 2.03 bits per heavy atom. The maximum absolute atomic E-state index is 13.8. The SMILES string of the molecule is C=CCN1CCN(C(=O)COC)C[C@H](Cc2ccccc2-c2cccc(F)c2)C1=O. The maximum Gasteiger partial charge on any atom is 0.248 e. The molecule has 5 nitrogen and oxygen atoms in total. The van der Waals surface area contributed by atoms with E-state index in [-0.39, 0.29) is 24.2 Å². The number of hydrogen-bond donors (Lipinski definition) is 0. The molecule has 0 aromatic heterocycles. The highest BCUT2D eigenvalue weighted by Crippen LogP contribution is 2.27. The summed E-state index contributed by atoms with van der Waals surface area (Å²) < 4.78 is 18.8. The molecule has 2 amide bonds. The van der Waals surface area contributed by atoms with Crippen molar-refractivity contribution in [2.45, 2.75) is 6.42 Å². The van der Waals surface area contributed by atoms with Gasteiger partial charge in [0.05, 0.1) is 5.92 Å². The molecule has 1 aliphatic heterocycles. The van der Waals surface area contributed by atoms with Crippen LogP contribution in [0.4, 0.5) is 4.39 Å². The number of carbonyl (C=O) groups is 2. The minimum absolute atomic E-state index is 0.00309. The first-order valence-electron chi connectivity index (χ1n) is 10.0. The third-order valence-electron chi connectivity index (χ3n) is 5.33. The van der Waals surface area contributed by atoms with Crippen molar-refractivity contribution in [3.63, 3.8) is 0 Å². The Balaban J connectivity index is 1.91. The highest BCUT2D eigenvalue weighted by molar-refractivity contribution is 5.83. The number of nitrogens with zero attached hydrogens (tertiary/aromatic N) is 2. The smallest absolute Gasteiger partial charge is 0.248 e. The average molecular weight is 410 g/mol. The lowest BCUT2D eigenvalue weighted by atomic mass is 9.91. The van der Waals surface area contributed by atoms with Crippen LogP contribution in [-0.2, 0) is 20.7 Å². The molecule has 3 rings (SSSR count). The van der Waals surface area contributed by atoms with Crippen molar-refractivity contribution >= 4 is 11.8 Å². The number of hydrogen-bond acceptors (Lipinski definition) is 3. The van der Waals surface area contributed by atoms with Gasteiger partial charge in [-0.2, -0.15) is 0 Å². The Morgan fingerprint density at radius 1 is 1.23 bits per heavy atom. The van der Waals surface area contributed by atoms with Crippen LogP contribution in [0.15, 0.2) is 61.2 Å². The zero-order valence-electron chi connectivity index (χ0n) is 17.2. The molecule has 1 aliphatic rings. The summed E-state index contributed by atoms with van der Waals surface area (Å²) in [5.41, 5.74) is 2.60. The number of ether oxygens (including phenoxy) is 1. The van der Waals surface area contributed by atoms with Crippen LogP contribution in [-0.4, -0.2) is 61.5 Å². The van der Waals surface area contributed by atoms with Crippen molar-refractivity contribution in [1.29, 1.82) is 0 Å². The van der Waals surface area contributed by atoms with Crippen molar-refractivity contribution < 1.29 is 18.7 Å². The molecule has 0 unspecified atom stereocenters. The van der Waals surface area contributed by atoms with Gasteiger partial charge < -0.3 is 14.5 Å². The van der Waals surface area contributed by atoms with Crippen LogP contribution in [0.1, 0.15) is 5.56 Å². The lowest BCUT2D eigenvalue weighted by Crippen LogP contribution is -2.39. The van der Waals surface area contributed by atoms with Crippen LogP contribution in [0.3, 0.4) is 0 Å². The summed E-state index contributed by atoms with van der Waals surface area (Å²) in [4.78, 5) is 29.1. The van der Waals surface area contributed by atoms with Gasteiger partial charge in [-0.1, -0.05) is 42.5 Å². The first kappa shape index (κ1) is 21.7. The number of rotatable bonds is 7. The first-order chi connectivity index (χ1) is 14.5. The number of methoxy groups -OCH3 is 1. The molecular weight excluding hydrogens is 383 g/mol. The average Bonchev–Trinajstić information content (AvgIpc) is 2.89. The number of amides is 2. The van der Waals surface area contributed by atoms with Crippen LogP contribution >= 0.6 is 0 Å². The van der Waals surface area contributed by atoms with Gasteiger partial charge in [0.2, 0.25) is 11.8 Å². The fourth-order valence-corrected chi connectivity index (χ4v) is 3.88. The first-order valence-corrected chi connectivity index (χ1v) is 10.0. The van der Waals surface area contributed by atoms with Crippen LogP contribution in [0.5, 0.6) is 0 Å². The normalized spacial score (nSPS) is 17.0. The van der Waals surface area contributed by atoms with Gasteiger partial charge in [-0.05, 0) is 35.2 Å². The van der Waals surface area contributed by atoms with Gasteiger partial charge in [0.25, 0.3) is 0 Å². The third kappa shape index (κ3) is 5.13. The van der Waals surface area contributed by atoms with Gasteiger partial charge >= 0.3 is 0 Å². The quantitative estimate of drug-likeness (QED) is 0.659. The molecule has 0 bridgehead atoms. The summed E-state index contributed by atoms with van der Waals surface area (Å²) >= 11 is 0. The molecule has 158 valence electrons. The summed E-state index contributed by atoms with van der Waals surface area (Å²) in [7, 11) is 1.48. The van der Waals surface area contributed by atoms with E-state index in [4.69, 9.17) is 4.74 Å². The fourth-order valence-electron chi connectivity index (χ4n) is 3.88. The van der Waals surface area contributed by atoms with E-state index in [9.17, 15) is 14.0 Å². The molecular formula is C24H27FN2O3. The summed E-state index contributed by atoms with van der Waals surface area (Å²) in [6, 6.07) is 14.1. The Labute approximate surface area is 176 Å². The topological polar surface area (TPSA) is 49.9 Å². The minimum Gasteiger partial charge on any atom is -0.375 e. The van der Waals surface area contributed by atoms with Crippen molar-refractivity contribution in [3.8, 4) is 11.1 Å². The van der Waals surface area contributed by atoms with E-state index in [1.54, 1.807) is 21.9 Å². The second-order valence-corrected chi connectivity index (χ2v) is 7.41. The van der Waals surface area contributed by atoms with Crippen molar-refractivity contribution in [1.82, 2.24) is 9.80 Å². The van der Waals surface area contributed by atoms with Gasteiger partial charge in [0, 0.05) is 33.3 Å². The largest absolute Gasteiger partial charge is 0.375 e. The summed E-state index contributed by atoms with van der Waals surface area (Å²) in [6.45, 7) is 5.42. The van der Waals surface area contributed by atoms with Crippen LogP contribution in [0, 0.1) is 11.7 Å². The van der Waals surface area contributed by atoms with Crippen LogP contribution in [0.25, 0.3) is 11.1 Å². The van der Waals surface area contributed by atoms with Crippen molar-refractivity contribution in [2.75, 3.05) is 39.9 Å². The standard InChI is InChI=1S/C24H27FN2O3/c1-3-11-26-12-13-27(23(28)17-30-2)16-20(24(26)29)14-18-7-4-5-10-22(18)19-8-6-9-21(25)15-19/h3-10,15,20H,1,11-14,16-17H2,2H3/t20-/m0/s1. The molecule has 1 fully saturated rings. The predicted molar refractivity (Wildman–Crippen MR) is 114 cm³/mol. The van der Waals surface area contributed by atoms with Gasteiger partial charge in [-0.25, -0.2) is 4.39 Å². The Morgan fingerprint density at radius 3 is 2.77 bits per heavy atom. The van der Waals surface area contributed by atoms with Crippen LogP contribution < -0.4 is 0 Å². The molecule has 1 atom stereocenters. The summed E-state index contributed by atoms with van der Waals surface area (Å²) in [6.07, 6.45) is 2.15. The molecule has 0 spiro atoms. The van der Waals surface area contributed by atoms with E-state index >= 15 is 0 Å². The molecule has 0 N–H and O–H groups in total. The Hall–Kier alpha value is -2.99. The lowest BCUT2D eigenvalue weighted by molar-refractivity contribution is -0.136. The number of halogens is 1. The molecule has 30 heavy (non-hydrogen) atoms. The number of benzene rings is 2. The molecule has 0 saturated carbocycles. The lowest BCUT2D eigenvalue weighted by Gasteiger charge is -2.24. The van der Waals surface area contributed by atoms with E-state index in [1.807, 2.05) is 30.3 Å². The second-order valence-electron chi connectivity index (χ2n) is 7.41. The highest BCUT2D eigenvalue weighted by Gasteiger charge is 2.32. The van der Waals surface area contributed by atoms with Crippen LogP contribution in [0.2, 0.25) is 0 Å². The van der Waals surface area contributed by atoms with E-state index < -0.39 is 5.92 Å². The molecule has 6 heteroatoms. The summed E-state index contributed by atoms with van der Waals surface area (Å²) in [5, 5.41) is 0. The third-order valence-corrected chi connectivity index (χ3v) is 5.33. The second kappa shape index (κ2) is 10.2. The Kier molecular flexibility index (Phi) is 7.36. The zero-order chi connectivity index (χ0) is 21.5. The molecule has 0 aliphatic carbocycles. The van der Waals surface area contributed by atoms with Gasteiger partial charge in [-0.15, -0.1) is 6.58 Å². The van der Waals surface area contributed by atoms with Crippen molar-refractivity contribution in [2.24, 2.45) is 5.92 Å². The van der Waals surface area contributed by atoms with Gasteiger partial charge in [0.1, 0.15) is 12.4 Å². The molecule has 2 aromatic rings.